The third kappa shape index (κ3) is 1.92. The highest BCUT2D eigenvalue weighted by molar-refractivity contribution is 5.18. The van der Waals surface area contributed by atoms with Crippen molar-refractivity contribution in [1.82, 2.24) is 4.90 Å². The van der Waals surface area contributed by atoms with Gasteiger partial charge >= 0.3 is 0 Å². The minimum atomic E-state index is 0.243. The molecule has 0 spiro atoms. The standard InChI is InChI=1S/C10H15NO2/c12-6-5-11-4-1-2-10-9(8-11)3-7-13-10/h3,7,12H,1-2,4-6,8H2. The number of hydrogen-bond acceptors (Lipinski definition) is 3. The van der Waals surface area contributed by atoms with Gasteiger partial charge in [-0.15, -0.1) is 0 Å². The van der Waals surface area contributed by atoms with Gasteiger partial charge in [-0.3, -0.25) is 4.90 Å². The van der Waals surface area contributed by atoms with E-state index in [1.54, 1.807) is 6.26 Å². The van der Waals surface area contributed by atoms with Crippen molar-refractivity contribution in [2.24, 2.45) is 0 Å². The summed E-state index contributed by atoms with van der Waals surface area (Å²) in [5.41, 5.74) is 1.28. The van der Waals surface area contributed by atoms with E-state index in [9.17, 15) is 0 Å². The number of aliphatic hydroxyl groups excluding tert-OH is 1. The largest absolute Gasteiger partial charge is 0.469 e. The van der Waals surface area contributed by atoms with Crippen LogP contribution >= 0.6 is 0 Å². The molecule has 3 heteroatoms. The fourth-order valence-corrected chi connectivity index (χ4v) is 1.84. The number of rotatable bonds is 2. The lowest BCUT2D eigenvalue weighted by atomic mass is 10.2. The second-order valence-electron chi connectivity index (χ2n) is 3.47. The summed E-state index contributed by atoms with van der Waals surface area (Å²) in [6, 6.07) is 2.03. The van der Waals surface area contributed by atoms with Crippen LogP contribution in [0.1, 0.15) is 17.7 Å². The highest BCUT2D eigenvalue weighted by Gasteiger charge is 2.15. The van der Waals surface area contributed by atoms with Crippen LogP contribution in [0.2, 0.25) is 0 Å². The molecule has 1 aliphatic rings. The lowest BCUT2D eigenvalue weighted by Crippen LogP contribution is -2.26. The van der Waals surface area contributed by atoms with Gasteiger partial charge < -0.3 is 9.52 Å². The normalized spacial score (nSPS) is 18.2. The molecule has 0 radical (unpaired) electrons. The topological polar surface area (TPSA) is 36.6 Å². The number of hydrogen-bond donors (Lipinski definition) is 1. The van der Waals surface area contributed by atoms with Crippen molar-refractivity contribution in [3.8, 4) is 0 Å². The quantitative estimate of drug-likeness (QED) is 0.740. The Kier molecular flexibility index (Phi) is 2.66. The first-order valence-corrected chi connectivity index (χ1v) is 4.78. The van der Waals surface area contributed by atoms with Gasteiger partial charge in [-0.25, -0.2) is 0 Å². The highest BCUT2D eigenvalue weighted by atomic mass is 16.3. The van der Waals surface area contributed by atoms with Crippen LogP contribution in [0.4, 0.5) is 0 Å². The number of aliphatic hydroxyl groups is 1. The predicted octanol–water partition coefficient (Wildman–Crippen LogP) is 1.02. The molecule has 0 atom stereocenters. The van der Waals surface area contributed by atoms with E-state index in [-0.39, 0.29) is 6.61 Å². The second-order valence-corrected chi connectivity index (χ2v) is 3.47. The number of nitrogens with zero attached hydrogens (tertiary/aromatic N) is 1. The van der Waals surface area contributed by atoms with Gasteiger partial charge in [-0.2, -0.15) is 0 Å². The molecule has 1 aromatic rings. The molecule has 0 unspecified atom stereocenters. The summed E-state index contributed by atoms with van der Waals surface area (Å²) in [6.07, 6.45) is 3.91. The van der Waals surface area contributed by atoms with Gasteiger partial charge in [0.05, 0.1) is 12.9 Å². The summed E-state index contributed by atoms with van der Waals surface area (Å²) in [4.78, 5) is 2.27. The molecule has 0 bridgehead atoms. The Labute approximate surface area is 78.0 Å². The zero-order valence-electron chi connectivity index (χ0n) is 7.70. The zero-order chi connectivity index (χ0) is 9.10. The fraction of sp³-hybridized carbons (Fsp3) is 0.600. The Morgan fingerprint density at radius 1 is 1.54 bits per heavy atom. The molecule has 0 aromatic carbocycles. The summed E-state index contributed by atoms with van der Waals surface area (Å²) in [5, 5.41) is 8.84. The number of furan rings is 1. The molecule has 0 fully saturated rings. The molecule has 72 valence electrons. The number of aryl methyl sites for hydroxylation is 1. The lowest BCUT2D eigenvalue weighted by Gasteiger charge is -2.17. The molecule has 0 saturated carbocycles. The van der Waals surface area contributed by atoms with Gasteiger partial charge in [0.25, 0.3) is 0 Å². The first-order chi connectivity index (χ1) is 6.40. The van der Waals surface area contributed by atoms with E-state index in [1.807, 2.05) is 6.07 Å². The first kappa shape index (κ1) is 8.78. The predicted molar refractivity (Wildman–Crippen MR) is 49.4 cm³/mol. The highest BCUT2D eigenvalue weighted by Crippen LogP contribution is 2.18. The van der Waals surface area contributed by atoms with Gasteiger partial charge in [-0.1, -0.05) is 0 Å². The monoisotopic (exact) mass is 181 g/mol. The zero-order valence-corrected chi connectivity index (χ0v) is 7.70. The van der Waals surface area contributed by atoms with Crippen molar-refractivity contribution in [3.05, 3.63) is 23.7 Å². The van der Waals surface area contributed by atoms with Crippen LogP contribution in [0.5, 0.6) is 0 Å². The molecule has 2 rings (SSSR count). The third-order valence-electron chi connectivity index (χ3n) is 2.53. The molecule has 0 saturated heterocycles. The van der Waals surface area contributed by atoms with E-state index < -0.39 is 0 Å². The number of β-amino-alcohol motifs (C(OH)–C–C–N with tert-alkyl or cyclic N) is 1. The van der Waals surface area contributed by atoms with Gasteiger partial charge in [0, 0.05) is 25.1 Å². The Balaban J connectivity index is 2.07. The molecule has 1 N–H and O–H groups in total. The molecule has 1 aliphatic heterocycles. The lowest BCUT2D eigenvalue weighted by molar-refractivity contribution is 0.192. The van der Waals surface area contributed by atoms with Crippen molar-refractivity contribution in [2.75, 3.05) is 19.7 Å². The van der Waals surface area contributed by atoms with E-state index in [0.717, 1.165) is 38.2 Å². The van der Waals surface area contributed by atoms with E-state index in [0.29, 0.717) is 0 Å². The second kappa shape index (κ2) is 3.94. The van der Waals surface area contributed by atoms with Crippen LogP contribution in [0.25, 0.3) is 0 Å². The molecule has 3 nitrogen and oxygen atoms in total. The Morgan fingerprint density at radius 2 is 2.46 bits per heavy atom. The SMILES string of the molecule is OCCN1CCCc2occc2C1. The number of fused-ring (bicyclic) bond motifs is 1. The van der Waals surface area contributed by atoms with Crippen LogP contribution in [-0.2, 0) is 13.0 Å². The molecule has 2 heterocycles. The van der Waals surface area contributed by atoms with Crippen LogP contribution in [0.3, 0.4) is 0 Å². The van der Waals surface area contributed by atoms with E-state index in [4.69, 9.17) is 9.52 Å². The minimum Gasteiger partial charge on any atom is -0.469 e. The average Bonchev–Trinajstić information content (AvgIpc) is 2.46. The Bertz CT molecular complexity index is 270. The maximum Gasteiger partial charge on any atom is 0.108 e. The minimum absolute atomic E-state index is 0.243. The van der Waals surface area contributed by atoms with Crippen molar-refractivity contribution in [2.45, 2.75) is 19.4 Å². The van der Waals surface area contributed by atoms with Gasteiger partial charge in [0.2, 0.25) is 0 Å². The van der Waals surface area contributed by atoms with Crippen LogP contribution in [0.15, 0.2) is 16.7 Å². The van der Waals surface area contributed by atoms with E-state index in [1.165, 1.54) is 5.56 Å². The van der Waals surface area contributed by atoms with Crippen LogP contribution in [-0.4, -0.2) is 29.7 Å². The summed E-state index contributed by atoms with van der Waals surface area (Å²) in [6.45, 7) is 2.99. The van der Waals surface area contributed by atoms with E-state index in [2.05, 4.69) is 4.90 Å². The molecular weight excluding hydrogens is 166 g/mol. The summed E-state index contributed by atoms with van der Waals surface area (Å²) >= 11 is 0. The molecule has 13 heavy (non-hydrogen) atoms. The Hall–Kier alpha value is -0.800. The van der Waals surface area contributed by atoms with Crippen molar-refractivity contribution >= 4 is 0 Å². The van der Waals surface area contributed by atoms with Crippen molar-refractivity contribution in [1.29, 1.82) is 0 Å². The van der Waals surface area contributed by atoms with Crippen molar-refractivity contribution in [3.63, 3.8) is 0 Å². The van der Waals surface area contributed by atoms with Crippen LogP contribution in [0, 0.1) is 0 Å². The Morgan fingerprint density at radius 3 is 3.31 bits per heavy atom. The maximum atomic E-state index is 8.84. The summed E-state index contributed by atoms with van der Waals surface area (Å²) in [5.74, 6) is 1.13. The molecule has 0 amide bonds. The molecule has 0 aliphatic carbocycles. The third-order valence-corrected chi connectivity index (χ3v) is 2.53. The average molecular weight is 181 g/mol. The molecular formula is C10H15NO2. The molecule has 1 aromatic heterocycles. The van der Waals surface area contributed by atoms with Gasteiger partial charge in [0.1, 0.15) is 5.76 Å². The smallest absolute Gasteiger partial charge is 0.108 e. The van der Waals surface area contributed by atoms with Gasteiger partial charge in [-0.05, 0) is 19.0 Å². The van der Waals surface area contributed by atoms with Crippen LogP contribution < -0.4 is 0 Å². The summed E-state index contributed by atoms with van der Waals surface area (Å²) < 4.78 is 5.37. The first-order valence-electron chi connectivity index (χ1n) is 4.78. The van der Waals surface area contributed by atoms with Crippen molar-refractivity contribution < 1.29 is 9.52 Å². The summed E-state index contributed by atoms with van der Waals surface area (Å²) in [7, 11) is 0. The van der Waals surface area contributed by atoms with E-state index >= 15 is 0 Å². The van der Waals surface area contributed by atoms with Gasteiger partial charge in [0.15, 0.2) is 0 Å². The fourth-order valence-electron chi connectivity index (χ4n) is 1.84. The maximum absolute atomic E-state index is 8.84.